The van der Waals surface area contributed by atoms with Gasteiger partial charge < -0.3 is 14.4 Å². The molecule has 8 heteroatoms. The predicted molar refractivity (Wildman–Crippen MR) is 157 cm³/mol. The van der Waals surface area contributed by atoms with Gasteiger partial charge in [0.15, 0.2) is 5.41 Å². The van der Waals surface area contributed by atoms with Gasteiger partial charge in [-0.15, -0.1) is 0 Å². The van der Waals surface area contributed by atoms with E-state index in [0.717, 1.165) is 10.0 Å². The molecule has 0 bridgehead atoms. The SMILES string of the molecule is COc1ccc(CN2C(=O)[C@]3(c4ccccc42)[C@H](c2ccc(Br)cc2)C(C(=O)OC(C)(C)C)=CC3(C#N)C#N)cc1. The molecule has 1 aliphatic carbocycles. The summed E-state index contributed by atoms with van der Waals surface area (Å²) in [4.78, 5) is 30.3. The lowest BCUT2D eigenvalue weighted by Gasteiger charge is -2.38. The van der Waals surface area contributed by atoms with Crippen molar-refractivity contribution in [2.45, 2.75) is 44.2 Å². The van der Waals surface area contributed by atoms with Crippen LogP contribution in [0.25, 0.3) is 0 Å². The minimum atomic E-state index is -1.99. The van der Waals surface area contributed by atoms with Gasteiger partial charge in [-0.1, -0.05) is 58.4 Å². The molecule has 5 rings (SSSR count). The van der Waals surface area contributed by atoms with E-state index in [2.05, 4.69) is 28.1 Å². The molecule has 0 saturated carbocycles. The van der Waals surface area contributed by atoms with E-state index in [1.807, 2.05) is 60.7 Å². The van der Waals surface area contributed by atoms with Gasteiger partial charge in [-0.25, -0.2) is 4.79 Å². The lowest BCUT2D eigenvalue weighted by Crippen LogP contribution is -2.52. The number of nitriles is 2. The second-order valence-electron chi connectivity index (χ2n) is 11.2. The van der Waals surface area contributed by atoms with E-state index >= 15 is 0 Å². The van der Waals surface area contributed by atoms with Gasteiger partial charge in [-0.3, -0.25) is 4.79 Å². The Morgan fingerprint density at radius 1 is 1.00 bits per heavy atom. The summed E-state index contributed by atoms with van der Waals surface area (Å²) in [6.07, 6.45) is 1.36. The van der Waals surface area contributed by atoms with Crippen LogP contribution in [0.3, 0.4) is 0 Å². The van der Waals surface area contributed by atoms with E-state index in [1.54, 1.807) is 44.9 Å². The number of hydrogen-bond donors (Lipinski definition) is 0. The van der Waals surface area contributed by atoms with E-state index in [1.165, 1.54) is 6.08 Å². The zero-order valence-electron chi connectivity index (χ0n) is 23.1. The van der Waals surface area contributed by atoms with Crippen molar-refractivity contribution in [3.8, 4) is 17.9 Å². The number of nitrogens with zero attached hydrogens (tertiary/aromatic N) is 3. The highest BCUT2D eigenvalue weighted by atomic mass is 79.9. The Morgan fingerprint density at radius 2 is 1.63 bits per heavy atom. The quantitative estimate of drug-likeness (QED) is 0.313. The molecular formula is C33H28BrN3O4. The Hall–Kier alpha value is -4.40. The number of esters is 1. The molecule has 2 aliphatic rings. The van der Waals surface area contributed by atoms with Crippen LogP contribution in [-0.4, -0.2) is 24.6 Å². The average molecular weight is 611 g/mol. The van der Waals surface area contributed by atoms with Gasteiger partial charge in [0.05, 0.1) is 25.8 Å². The van der Waals surface area contributed by atoms with E-state index in [9.17, 15) is 20.1 Å². The fraction of sp³-hybridized carbons (Fsp3) is 0.273. The maximum absolute atomic E-state index is 15.0. The fourth-order valence-electron chi connectivity index (χ4n) is 5.97. The summed E-state index contributed by atoms with van der Waals surface area (Å²) >= 11 is 3.46. The molecule has 206 valence electrons. The van der Waals surface area contributed by atoms with E-state index in [0.29, 0.717) is 22.6 Å². The first-order chi connectivity index (χ1) is 19.5. The van der Waals surface area contributed by atoms with Gasteiger partial charge in [0.25, 0.3) is 0 Å². The van der Waals surface area contributed by atoms with E-state index in [-0.39, 0.29) is 12.1 Å². The number of allylic oxidation sites excluding steroid dienone is 1. The van der Waals surface area contributed by atoms with Crippen LogP contribution in [0.2, 0.25) is 0 Å². The highest BCUT2D eigenvalue weighted by molar-refractivity contribution is 9.10. The molecule has 0 fully saturated rings. The standard InChI is InChI=1S/C33H28BrN3O4/c1-31(2,3)41-29(38)25-17-32(19-35,20-36)33(28(25)22-11-13-23(34)14-12-22)26-7-5-6-8-27(26)37(30(33)39)18-21-9-15-24(40-4)16-10-21/h5-17,28H,18H2,1-4H3/t28-,33+/m1/s1. The molecule has 3 aromatic carbocycles. The Bertz CT molecular complexity index is 1630. The normalized spacial score (nSPS) is 20.7. The third kappa shape index (κ3) is 4.40. The smallest absolute Gasteiger partial charge is 0.334 e. The number of methoxy groups -OCH3 is 1. The van der Waals surface area contributed by atoms with Crippen molar-refractivity contribution >= 4 is 33.5 Å². The Labute approximate surface area is 247 Å². The van der Waals surface area contributed by atoms with Gasteiger partial charge >= 0.3 is 5.97 Å². The summed E-state index contributed by atoms with van der Waals surface area (Å²) in [6, 6.07) is 26.1. The van der Waals surface area contributed by atoms with Crippen LogP contribution in [0.1, 0.15) is 43.4 Å². The van der Waals surface area contributed by atoms with Crippen LogP contribution in [0.15, 0.2) is 88.9 Å². The first kappa shape index (κ1) is 28.1. The van der Waals surface area contributed by atoms with Crippen molar-refractivity contribution in [3.05, 3.63) is 106 Å². The van der Waals surface area contributed by atoms with Crippen molar-refractivity contribution in [2.24, 2.45) is 5.41 Å². The monoisotopic (exact) mass is 609 g/mol. The molecule has 0 unspecified atom stereocenters. The topological polar surface area (TPSA) is 103 Å². The average Bonchev–Trinajstić information content (AvgIpc) is 3.40. The van der Waals surface area contributed by atoms with Gasteiger partial charge in [-0.2, -0.15) is 10.5 Å². The third-order valence-electron chi connectivity index (χ3n) is 7.63. The number of ether oxygens (including phenoxy) is 2. The second kappa shape index (κ2) is 10.2. The van der Waals surface area contributed by atoms with Crippen LogP contribution in [-0.2, 0) is 26.3 Å². The number of carbonyl (C=O) groups excluding carboxylic acids is 2. The molecule has 3 aromatic rings. The fourth-order valence-corrected chi connectivity index (χ4v) is 6.23. The molecule has 0 N–H and O–H groups in total. The van der Waals surface area contributed by atoms with E-state index in [4.69, 9.17) is 9.47 Å². The summed E-state index contributed by atoms with van der Waals surface area (Å²) in [7, 11) is 1.58. The molecule has 0 aromatic heterocycles. The summed E-state index contributed by atoms with van der Waals surface area (Å²) < 4.78 is 11.9. The molecule has 1 amide bonds. The first-order valence-electron chi connectivity index (χ1n) is 13.1. The first-order valence-corrected chi connectivity index (χ1v) is 13.9. The third-order valence-corrected chi connectivity index (χ3v) is 8.16. The van der Waals surface area contributed by atoms with Crippen LogP contribution < -0.4 is 9.64 Å². The number of hydrogen-bond acceptors (Lipinski definition) is 6. The lowest BCUT2D eigenvalue weighted by molar-refractivity contribution is -0.150. The summed E-state index contributed by atoms with van der Waals surface area (Å²) in [5.41, 5.74) is -1.89. The molecule has 1 aliphatic heterocycles. The van der Waals surface area contributed by atoms with Crippen molar-refractivity contribution < 1.29 is 19.1 Å². The molecule has 1 spiro atoms. The molecular weight excluding hydrogens is 582 g/mol. The lowest BCUT2D eigenvalue weighted by atomic mass is 9.57. The Morgan fingerprint density at radius 3 is 2.22 bits per heavy atom. The van der Waals surface area contributed by atoms with Crippen molar-refractivity contribution in [3.63, 3.8) is 0 Å². The number of carbonyl (C=O) groups is 2. The Kier molecular flexibility index (Phi) is 7.01. The number of halogens is 1. The predicted octanol–water partition coefficient (Wildman–Crippen LogP) is 6.34. The maximum atomic E-state index is 15.0. The van der Waals surface area contributed by atoms with Crippen molar-refractivity contribution in [2.75, 3.05) is 12.0 Å². The van der Waals surface area contributed by atoms with Gasteiger partial charge in [-0.05, 0) is 73.9 Å². The molecule has 1 heterocycles. The number of para-hydroxylation sites is 1. The molecule has 0 radical (unpaired) electrons. The summed E-state index contributed by atoms with van der Waals surface area (Å²) in [6.45, 7) is 5.45. The second-order valence-corrected chi connectivity index (χ2v) is 12.1. The number of anilines is 1. The van der Waals surface area contributed by atoms with E-state index < -0.39 is 34.2 Å². The highest BCUT2D eigenvalue weighted by Gasteiger charge is 2.72. The van der Waals surface area contributed by atoms with Crippen LogP contribution in [0, 0.1) is 28.1 Å². The van der Waals surface area contributed by atoms with Crippen molar-refractivity contribution in [1.29, 1.82) is 10.5 Å². The van der Waals surface area contributed by atoms with Gasteiger partial charge in [0.1, 0.15) is 16.8 Å². The summed E-state index contributed by atoms with van der Waals surface area (Å²) in [5.74, 6) is -1.38. The molecule has 0 saturated heterocycles. The summed E-state index contributed by atoms with van der Waals surface area (Å²) in [5, 5.41) is 21.4. The minimum Gasteiger partial charge on any atom is -0.497 e. The van der Waals surface area contributed by atoms with Gasteiger partial charge in [0, 0.05) is 21.7 Å². The minimum absolute atomic E-state index is 0.111. The number of rotatable bonds is 5. The molecule has 7 nitrogen and oxygen atoms in total. The van der Waals surface area contributed by atoms with Crippen molar-refractivity contribution in [1.82, 2.24) is 0 Å². The number of amides is 1. The van der Waals surface area contributed by atoms with Crippen LogP contribution in [0.4, 0.5) is 5.69 Å². The largest absolute Gasteiger partial charge is 0.497 e. The molecule has 41 heavy (non-hydrogen) atoms. The number of benzene rings is 3. The van der Waals surface area contributed by atoms with Crippen LogP contribution in [0.5, 0.6) is 5.75 Å². The molecule has 2 atom stereocenters. The Balaban J connectivity index is 1.77. The van der Waals surface area contributed by atoms with Crippen LogP contribution >= 0.6 is 15.9 Å². The van der Waals surface area contributed by atoms with Gasteiger partial charge in [0.2, 0.25) is 5.91 Å². The highest BCUT2D eigenvalue weighted by Crippen LogP contribution is 2.65. The zero-order valence-corrected chi connectivity index (χ0v) is 24.7. The number of fused-ring (bicyclic) bond motifs is 2. The zero-order chi connectivity index (χ0) is 29.6. The maximum Gasteiger partial charge on any atom is 0.334 e.